The maximum Gasteiger partial charge on any atom is 0.214 e. The van der Waals surface area contributed by atoms with E-state index in [1.807, 2.05) is 37.3 Å². The first-order valence-corrected chi connectivity index (χ1v) is 6.50. The summed E-state index contributed by atoms with van der Waals surface area (Å²) < 4.78 is 22.1. The molecule has 0 radical (unpaired) electrons. The molecule has 0 heterocycles. The molecule has 0 saturated carbocycles. The lowest BCUT2D eigenvalue weighted by Gasteiger charge is -2.25. The molecule has 0 amide bonds. The molecule has 0 aliphatic rings. The zero-order valence-corrected chi connectivity index (χ0v) is 9.92. The van der Waals surface area contributed by atoms with Gasteiger partial charge in [0.05, 0.1) is 4.75 Å². The Labute approximate surface area is 91.4 Å². The number of nitrogens with two attached hydrogens (primary N) is 1. The summed E-state index contributed by atoms with van der Waals surface area (Å²) in [5.41, 5.74) is 0.996. The molecule has 0 aliphatic carbocycles. The Kier molecular flexibility index (Phi) is 3.52. The molecular formula is C11H17NO2S. The van der Waals surface area contributed by atoms with E-state index in [9.17, 15) is 8.42 Å². The van der Waals surface area contributed by atoms with Gasteiger partial charge in [-0.05, 0) is 25.3 Å². The maximum absolute atomic E-state index is 11.5. The fraction of sp³-hybridized carbons (Fsp3) is 0.455. The van der Waals surface area contributed by atoms with Crippen LogP contribution in [0.2, 0.25) is 0 Å². The third kappa shape index (κ3) is 2.79. The van der Waals surface area contributed by atoms with Crippen LogP contribution in [0.5, 0.6) is 0 Å². The molecule has 15 heavy (non-hydrogen) atoms. The first-order valence-electron chi connectivity index (χ1n) is 4.95. The van der Waals surface area contributed by atoms with Gasteiger partial charge in [-0.3, -0.25) is 0 Å². The molecule has 1 aromatic carbocycles. The van der Waals surface area contributed by atoms with Crippen LogP contribution in [0.25, 0.3) is 0 Å². The molecule has 0 aromatic heterocycles. The Bertz CT molecular complexity index is 413. The first-order chi connectivity index (χ1) is 6.89. The van der Waals surface area contributed by atoms with Crippen LogP contribution in [-0.2, 0) is 16.4 Å². The van der Waals surface area contributed by atoms with Gasteiger partial charge in [-0.25, -0.2) is 13.6 Å². The summed E-state index contributed by atoms with van der Waals surface area (Å²) in [6.07, 6.45) is 0.976. The number of sulfonamides is 1. The molecular weight excluding hydrogens is 210 g/mol. The van der Waals surface area contributed by atoms with Gasteiger partial charge in [-0.1, -0.05) is 37.3 Å². The van der Waals surface area contributed by atoms with Crippen molar-refractivity contribution < 1.29 is 8.42 Å². The van der Waals surface area contributed by atoms with Gasteiger partial charge in [-0.15, -0.1) is 0 Å². The monoisotopic (exact) mass is 227 g/mol. The van der Waals surface area contributed by atoms with Crippen molar-refractivity contribution in [1.82, 2.24) is 0 Å². The number of primary sulfonamides is 1. The molecule has 0 saturated heterocycles. The minimum atomic E-state index is -3.51. The highest BCUT2D eigenvalue weighted by Crippen LogP contribution is 2.23. The van der Waals surface area contributed by atoms with E-state index >= 15 is 0 Å². The highest BCUT2D eigenvalue weighted by Gasteiger charge is 2.34. The van der Waals surface area contributed by atoms with Crippen LogP contribution in [0.15, 0.2) is 30.3 Å². The minimum Gasteiger partial charge on any atom is -0.228 e. The zero-order chi connectivity index (χ0) is 11.5. The smallest absolute Gasteiger partial charge is 0.214 e. The molecule has 0 aliphatic heterocycles. The number of hydrogen-bond acceptors (Lipinski definition) is 2. The molecule has 2 N–H and O–H groups in total. The second-order valence-corrected chi connectivity index (χ2v) is 6.09. The van der Waals surface area contributed by atoms with Gasteiger partial charge in [0.25, 0.3) is 0 Å². The van der Waals surface area contributed by atoms with E-state index in [2.05, 4.69) is 0 Å². The molecule has 1 aromatic rings. The number of hydrogen-bond donors (Lipinski definition) is 1. The zero-order valence-electron chi connectivity index (χ0n) is 9.10. The molecule has 0 bridgehead atoms. The van der Waals surface area contributed by atoms with E-state index in [0.29, 0.717) is 12.8 Å². The van der Waals surface area contributed by atoms with Crippen molar-refractivity contribution in [2.75, 3.05) is 0 Å². The van der Waals surface area contributed by atoms with Crippen LogP contribution in [0.1, 0.15) is 25.8 Å². The summed E-state index contributed by atoms with van der Waals surface area (Å²) >= 11 is 0. The summed E-state index contributed by atoms with van der Waals surface area (Å²) in [6.45, 7) is 3.53. The standard InChI is InChI=1S/C11H17NO2S/c1-3-11(2,15(12,13)14)9-10-7-5-4-6-8-10/h4-8H,3,9H2,1-2H3,(H2,12,13,14). The summed E-state index contributed by atoms with van der Waals surface area (Å²) in [5.74, 6) is 0. The van der Waals surface area contributed by atoms with Gasteiger partial charge < -0.3 is 0 Å². The van der Waals surface area contributed by atoms with Crippen molar-refractivity contribution in [1.29, 1.82) is 0 Å². The lowest BCUT2D eigenvalue weighted by molar-refractivity contribution is 0.515. The Balaban J connectivity index is 2.97. The molecule has 3 nitrogen and oxygen atoms in total. The van der Waals surface area contributed by atoms with E-state index in [4.69, 9.17) is 5.14 Å². The van der Waals surface area contributed by atoms with Crippen LogP contribution in [-0.4, -0.2) is 13.2 Å². The van der Waals surface area contributed by atoms with Crippen molar-refractivity contribution in [3.8, 4) is 0 Å². The highest BCUT2D eigenvalue weighted by atomic mass is 32.2. The second kappa shape index (κ2) is 4.33. The first kappa shape index (κ1) is 12.2. The van der Waals surface area contributed by atoms with Gasteiger partial charge >= 0.3 is 0 Å². The van der Waals surface area contributed by atoms with Gasteiger partial charge in [0.1, 0.15) is 0 Å². The minimum absolute atomic E-state index is 0.461. The average Bonchev–Trinajstić information content (AvgIpc) is 2.17. The fourth-order valence-corrected chi connectivity index (χ4v) is 2.22. The third-order valence-electron chi connectivity index (χ3n) is 2.86. The molecule has 1 atom stereocenters. The molecule has 1 rings (SSSR count). The predicted octanol–water partition coefficient (Wildman–Crippen LogP) is 1.69. The molecule has 1 unspecified atom stereocenters. The summed E-state index contributed by atoms with van der Waals surface area (Å²) in [6, 6.07) is 9.53. The Hall–Kier alpha value is -0.870. The van der Waals surface area contributed by atoms with E-state index in [1.54, 1.807) is 6.92 Å². The maximum atomic E-state index is 11.5. The Morgan fingerprint density at radius 1 is 1.27 bits per heavy atom. The molecule has 4 heteroatoms. The summed E-state index contributed by atoms with van der Waals surface area (Å²) in [7, 11) is -3.51. The quantitative estimate of drug-likeness (QED) is 0.850. The predicted molar refractivity (Wildman–Crippen MR) is 61.9 cm³/mol. The molecule has 0 spiro atoms. The van der Waals surface area contributed by atoms with Crippen molar-refractivity contribution in [2.45, 2.75) is 31.4 Å². The van der Waals surface area contributed by atoms with Crippen molar-refractivity contribution >= 4 is 10.0 Å². The SMILES string of the molecule is CCC(C)(Cc1ccccc1)S(N)(=O)=O. The van der Waals surface area contributed by atoms with Crippen molar-refractivity contribution in [2.24, 2.45) is 5.14 Å². The van der Waals surface area contributed by atoms with E-state index in [0.717, 1.165) is 5.56 Å². The third-order valence-corrected chi connectivity index (χ3v) is 4.66. The lowest BCUT2D eigenvalue weighted by Crippen LogP contribution is -2.42. The van der Waals surface area contributed by atoms with Crippen LogP contribution in [0.4, 0.5) is 0 Å². The van der Waals surface area contributed by atoms with E-state index < -0.39 is 14.8 Å². The Morgan fingerprint density at radius 3 is 2.20 bits per heavy atom. The second-order valence-electron chi connectivity index (χ2n) is 4.01. The van der Waals surface area contributed by atoms with Gasteiger partial charge in [0.15, 0.2) is 0 Å². The molecule has 0 fully saturated rings. The number of rotatable bonds is 4. The highest BCUT2D eigenvalue weighted by molar-refractivity contribution is 7.90. The van der Waals surface area contributed by atoms with E-state index in [-0.39, 0.29) is 0 Å². The lowest BCUT2D eigenvalue weighted by atomic mass is 9.98. The summed E-state index contributed by atoms with van der Waals surface area (Å²) in [4.78, 5) is 0. The normalized spacial score (nSPS) is 15.9. The topological polar surface area (TPSA) is 60.2 Å². The number of benzene rings is 1. The van der Waals surface area contributed by atoms with Gasteiger partial charge in [0.2, 0.25) is 10.0 Å². The largest absolute Gasteiger partial charge is 0.228 e. The Morgan fingerprint density at radius 2 is 1.80 bits per heavy atom. The van der Waals surface area contributed by atoms with E-state index in [1.165, 1.54) is 0 Å². The molecule has 84 valence electrons. The average molecular weight is 227 g/mol. The van der Waals surface area contributed by atoms with Crippen molar-refractivity contribution in [3.63, 3.8) is 0 Å². The summed E-state index contributed by atoms with van der Waals surface area (Å²) in [5, 5.41) is 5.24. The van der Waals surface area contributed by atoms with Crippen LogP contribution < -0.4 is 5.14 Å². The van der Waals surface area contributed by atoms with Gasteiger partial charge in [0, 0.05) is 0 Å². The van der Waals surface area contributed by atoms with Crippen molar-refractivity contribution in [3.05, 3.63) is 35.9 Å². The van der Waals surface area contributed by atoms with Crippen LogP contribution in [0.3, 0.4) is 0 Å². The van der Waals surface area contributed by atoms with Crippen LogP contribution in [0, 0.1) is 0 Å². The van der Waals surface area contributed by atoms with Gasteiger partial charge in [-0.2, -0.15) is 0 Å². The van der Waals surface area contributed by atoms with Crippen LogP contribution >= 0.6 is 0 Å². The fourth-order valence-electron chi connectivity index (χ4n) is 1.45.